The van der Waals surface area contributed by atoms with Gasteiger partial charge >= 0.3 is 0 Å². The van der Waals surface area contributed by atoms with Crippen LogP contribution in [-0.4, -0.2) is 29.9 Å². The fraction of sp³-hybridized carbons (Fsp3) is 0.222. The summed E-state index contributed by atoms with van der Waals surface area (Å²) in [4.78, 5) is 4.27. The van der Waals surface area contributed by atoms with E-state index in [-0.39, 0.29) is 5.82 Å². The van der Waals surface area contributed by atoms with Gasteiger partial charge in [0.1, 0.15) is 0 Å². The van der Waals surface area contributed by atoms with Gasteiger partial charge in [0, 0.05) is 11.4 Å². The van der Waals surface area contributed by atoms with Gasteiger partial charge in [-0.2, -0.15) is 0 Å². The zero-order valence-electron chi connectivity index (χ0n) is 9.25. The van der Waals surface area contributed by atoms with Gasteiger partial charge < -0.3 is 5.73 Å². The molecule has 3 heterocycles. The molecule has 17 heavy (non-hydrogen) atoms. The number of aryl methyl sites for hydroxylation is 2. The van der Waals surface area contributed by atoms with Gasteiger partial charge in [-0.15, -0.1) is 10.2 Å². The van der Waals surface area contributed by atoms with Crippen molar-refractivity contribution >= 4 is 11.6 Å². The van der Waals surface area contributed by atoms with E-state index in [0.29, 0.717) is 17.3 Å². The quantitative estimate of drug-likeness (QED) is 0.644. The van der Waals surface area contributed by atoms with Gasteiger partial charge in [-0.3, -0.25) is 4.40 Å². The number of anilines is 1. The smallest absolute Gasteiger partial charge is 0.255 e. The Hall–Kier alpha value is -2.51. The molecule has 0 aliphatic heterocycles. The molecule has 0 atom stereocenters. The fourth-order valence-electron chi connectivity index (χ4n) is 1.73. The number of rotatable bonds is 1. The van der Waals surface area contributed by atoms with Crippen LogP contribution in [-0.2, 0) is 0 Å². The van der Waals surface area contributed by atoms with E-state index in [1.54, 1.807) is 4.40 Å². The number of nitrogens with two attached hydrogens (primary N) is 1. The molecule has 0 aliphatic carbocycles. The highest BCUT2D eigenvalue weighted by Crippen LogP contribution is 2.21. The number of hydrogen-bond donors (Lipinski definition) is 1. The average Bonchev–Trinajstić information content (AvgIpc) is 2.83. The topological polar surface area (TPSA) is 108 Å². The molecule has 0 amide bonds. The first-order valence-corrected chi connectivity index (χ1v) is 4.94. The molecule has 0 unspecified atom stereocenters. The Bertz CT molecular complexity index is 699. The van der Waals surface area contributed by atoms with E-state index >= 15 is 0 Å². The summed E-state index contributed by atoms with van der Waals surface area (Å²) in [5, 5.41) is 15.2. The van der Waals surface area contributed by atoms with Crippen molar-refractivity contribution in [2.45, 2.75) is 13.8 Å². The van der Waals surface area contributed by atoms with Crippen LogP contribution >= 0.6 is 0 Å². The number of fused-ring (bicyclic) bond motifs is 1. The summed E-state index contributed by atoms with van der Waals surface area (Å²) in [6.45, 7) is 3.83. The molecule has 0 spiro atoms. The van der Waals surface area contributed by atoms with Gasteiger partial charge in [0.2, 0.25) is 0 Å². The Morgan fingerprint density at radius 3 is 2.76 bits per heavy atom. The summed E-state index contributed by atoms with van der Waals surface area (Å²) in [6, 6.07) is 1.92. The predicted octanol–water partition coefficient (Wildman–Crippen LogP) is 0.373. The normalized spacial score (nSPS) is 11.2. The van der Waals surface area contributed by atoms with Crippen LogP contribution in [0.25, 0.3) is 17.3 Å². The summed E-state index contributed by atoms with van der Waals surface area (Å²) in [6.07, 6.45) is 0. The molecule has 0 saturated carbocycles. The first kappa shape index (κ1) is 9.70. The second kappa shape index (κ2) is 3.24. The van der Waals surface area contributed by atoms with E-state index in [1.807, 2.05) is 19.9 Å². The van der Waals surface area contributed by atoms with Crippen LogP contribution in [0.4, 0.5) is 5.82 Å². The highest BCUT2D eigenvalue weighted by Gasteiger charge is 2.18. The molecule has 3 aromatic heterocycles. The Kier molecular flexibility index (Phi) is 1.85. The fourth-order valence-corrected chi connectivity index (χ4v) is 1.73. The highest BCUT2D eigenvalue weighted by molar-refractivity contribution is 5.64. The van der Waals surface area contributed by atoms with Gasteiger partial charge in [-0.1, -0.05) is 0 Å². The Labute approximate surface area is 95.4 Å². The van der Waals surface area contributed by atoms with Gasteiger partial charge in [-0.25, -0.2) is 9.61 Å². The summed E-state index contributed by atoms with van der Waals surface area (Å²) in [5.41, 5.74) is 7.82. The van der Waals surface area contributed by atoms with E-state index in [1.165, 1.54) is 0 Å². The van der Waals surface area contributed by atoms with Crippen molar-refractivity contribution in [3.63, 3.8) is 0 Å². The maximum Gasteiger partial charge on any atom is 0.255 e. The van der Waals surface area contributed by atoms with Crippen molar-refractivity contribution in [1.29, 1.82) is 0 Å². The van der Waals surface area contributed by atoms with Crippen LogP contribution in [0.1, 0.15) is 11.4 Å². The number of nitrogens with zero attached hydrogens (tertiary/aromatic N) is 6. The van der Waals surface area contributed by atoms with Crippen molar-refractivity contribution in [2.24, 2.45) is 0 Å². The van der Waals surface area contributed by atoms with Crippen LogP contribution in [0.15, 0.2) is 10.7 Å². The third kappa shape index (κ3) is 1.34. The van der Waals surface area contributed by atoms with Crippen molar-refractivity contribution in [3.8, 4) is 11.5 Å². The van der Waals surface area contributed by atoms with Crippen molar-refractivity contribution in [1.82, 2.24) is 29.9 Å². The Balaban J connectivity index is 2.36. The summed E-state index contributed by atoms with van der Waals surface area (Å²) in [7, 11) is 0. The minimum absolute atomic E-state index is 0.180. The molecule has 0 bridgehead atoms. The lowest BCUT2D eigenvalue weighted by molar-refractivity contribution is 0.310. The molecule has 0 fully saturated rings. The summed E-state index contributed by atoms with van der Waals surface area (Å²) in [5.74, 6) is 1.16. The molecule has 0 aromatic carbocycles. The summed E-state index contributed by atoms with van der Waals surface area (Å²) < 4.78 is 6.31. The van der Waals surface area contributed by atoms with E-state index < -0.39 is 0 Å². The predicted molar refractivity (Wildman–Crippen MR) is 58.0 cm³/mol. The molecule has 86 valence electrons. The monoisotopic (exact) mass is 231 g/mol. The number of nitrogen functional groups attached to an aromatic ring is 1. The van der Waals surface area contributed by atoms with Gasteiger partial charge in [-0.05, 0) is 30.2 Å². The Morgan fingerprint density at radius 2 is 2.06 bits per heavy atom. The minimum Gasteiger partial charge on any atom is -0.379 e. The third-order valence-corrected chi connectivity index (χ3v) is 2.42. The minimum atomic E-state index is 0.180. The second-order valence-corrected chi connectivity index (χ2v) is 3.70. The maximum atomic E-state index is 5.63. The van der Waals surface area contributed by atoms with Crippen LogP contribution < -0.4 is 5.73 Å². The first-order valence-electron chi connectivity index (χ1n) is 4.94. The zero-order chi connectivity index (χ0) is 12.0. The van der Waals surface area contributed by atoms with E-state index in [4.69, 9.17) is 5.73 Å². The molecule has 3 rings (SSSR count). The van der Waals surface area contributed by atoms with Crippen LogP contribution in [0.5, 0.6) is 0 Å². The molecule has 0 aliphatic rings. The van der Waals surface area contributed by atoms with E-state index in [9.17, 15) is 0 Å². The molecular weight excluding hydrogens is 222 g/mol. The lowest BCUT2D eigenvalue weighted by atomic mass is 10.3. The lowest BCUT2D eigenvalue weighted by Crippen LogP contribution is -1.99. The van der Waals surface area contributed by atoms with Crippen molar-refractivity contribution < 1.29 is 4.63 Å². The van der Waals surface area contributed by atoms with Gasteiger partial charge in [0.05, 0.1) is 0 Å². The van der Waals surface area contributed by atoms with Crippen LogP contribution in [0.3, 0.4) is 0 Å². The summed E-state index contributed by atoms with van der Waals surface area (Å²) >= 11 is 0. The molecule has 0 radical (unpaired) electrons. The SMILES string of the molecule is Cc1cc(C)n2c(-c3nonc3N)nnc2n1. The Morgan fingerprint density at radius 1 is 1.24 bits per heavy atom. The first-order chi connectivity index (χ1) is 8.16. The second-order valence-electron chi connectivity index (χ2n) is 3.70. The van der Waals surface area contributed by atoms with Crippen LogP contribution in [0.2, 0.25) is 0 Å². The zero-order valence-corrected chi connectivity index (χ0v) is 9.25. The third-order valence-electron chi connectivity index (χ3n) is 2.42. The lowest BCUT2D eigenvalue weighted by Gasteiger charge is -2.01. The molecule has 3 aromatic rings. The van der Waals surface area contributed by atoms with E-state index in [0.717, 1.165) is 11.4 Å². The van der Waals surface area contributed by atoms with Crippen molar-refractivity contribution in [3.05, 3.63) is 17.5 Å². The molecule has 8 heteroatoms. The van der Waals surface area contributed by atoms with Crippen LogP contribution in [0, 0.1) is 13.8 Å². The maximum absolute atomic E-state index is 5.63. The average molecular weight is 231 g/mol. The molecule has 2 N–H and O–H groups in total. The standard InChI is InChI=1S/C9H9N7O/c1-4-3-5(2)16-8(12-13-9(16)11-4)6-7(10)15-17-14-6/h3H,1-2H3,(H2,10,15). The molecule has 0 saturated heterocycles. The highest BCUT2D eigenvalue weighted by atomic mass is 16.6. The van der Waals surface area contributed by atoms with Gasteiger partial charge in [0.15, 0.2) is 17.3 Å². The van der Waals surface area contributed by atoms with E-state index in [2.05, 4.69) is 30.1 Å². The number of hydrogen-bond acceptors (Lipinski definition) is 7. The number of aromatic nitrogens is 6. The largest absolute Gasteiger partial charge is 0.379 e. The van der Waals surface area contributed by atoms with Gasteiger partial charge in [0.25, 0.3) is 5.78 Å². The molecule has 8 nitrogen and oxygen atoms in total. The van der Waals surface area contributed by atoms with Crippen molar-refractivity contribution in [2.75, 3.05) is 5.73 Å². The molecular formula is C9H9N7O.